The van der Waals surface area contributed by atoms with E-state index < -0.39 is 0 Å². The topological polar surface area (TPSA) is 45.7 Å². The maximum Gasteiger partial charge on any atom is 0.191 e. The van der Waals surface area contributed by atoms with Crippen LogP contribution in [0.3, 0.4) is 0 Å². The Hall–Kier alpha value is -0.770. The molecule has 1 aliphatic carbocycles. The number of nitrogens with zero attached hydrogens (tertiary/aromatic N) is 1. The molecule has 1 saturated carbocycles. The average molecular weight is 255 g/mol. The fraction of sp³-hybridized carbons (Fsp3) is 0.929. The second-order valence-corrected chi connectivity index (χ2v) is 5.03. The molecule has 0 atom stereocenters. The van der Waals surface area contributed by atoms with E-state index in [0.29, 0.717) is 5.41 Å². The summed E-state index contributed by atoms with van der Waals surface area (Å²) in [6, 6.07) is 0. The zero-order valence-electron chi connectivity index (χ0n) is 12.2. The van der Waals surface area contributed by atoms with Gasteiger partial charge in [0.15, 0.2) is 5.96 Å². The third-order valence-corrected chi connectivity index (χ3v) is 3.82. The lowest BCUT2D eigenvalue weighted by Gasteiger charge is -2.40. The molecule has 4 nitrogen and oxygen atoms in total. The Morgan fingerprint density at radius 3 is 2.50 bits per heavy atom. The highest BCUT2D eigenvalue weighted by molar-refractivity contribution is 5.79. The van der Waals surface area contributed by atoms with Crippen molar-refractivity contribution in [3.63, 3.8) is 0 Å². The molecular formula is C14H29N3O. The van der Waals surface area contributed by atoms with E-state index in [2.05, 4.69) is 24.5 Å². The van der Waals surface area contributed by atoms with Gasteiger partial charge in [-0.05, 0) is 38.5 Å². The Bertz CT molecular complexity index is 244. The molecule has 0 aromatic rings. The van der Waals surface area contributed by atoms with Crippen molar-refractivity contribution >= 4 is 5.96 Å². The van der Waals surface area contributed by atoms with Gasteiger partial charge in [0.25, 0.3) is 0 Å². The number of rotatable bonds is 8. The van der Waals surface area contributed by atoms with Gasteiger partial charge in [-0.1, -0.05) is 13.3 Å². The van der Waals surface area contributed by atoms with Crippen LogP contribution in [-0.4, -0.2) is 38.8 Å². The van der Waals surface area contributed by atoms with Crippen molar-refractivity contribution in [3.8, 4) is 0 Å². The number of hydrogen-bond donors (Lipinski definition) is 2. The molecule has 18 heavy (non-hydrogen) atoms. The smallest absolute Gasteiger partial charge is 0.191 e. The van der Waals surface area contributed by atoms with Crippen LogP contribution in [-0.2, 0) is 4.74 Å². The van der Waals surface area contributed by atoms with Gasteiger partial charge in [0.2, 0.25) is 0 Å². The molecule has 0 spiro atoms. The van der Waals surface area contributed by atoms with Crippen molar-refractivity contribution in [1.29, 1.82) is 0 Å². The maximum atomic E-state index is 5.32. The first-order valence-corrected chi connectivity index (χ1v) is 7.36. The van der Waals surface area contributed by atoms with Crippen molar-refractivity contribution in [1.82, 2.24) is 10.6 Å². The first-order chi connectivity index (χ1) is 8.76. The van der Waals surface area contributed by atoms with Crippen molar-refractivity contribution in [3.05, 3.63) is 0 Å². The minimum atomic E-state index is 0.488. The molecule has 0 aliphatic heterocycles. The SMILES string of the molecule is CCNC(=NCC1(CC)CCC1)NCCOCC. The van der Waals surface area contributed by atoms with E-state index in [9.17, 15) is 0 Å². The lowest BCUT2D eigenvalue weighted by molar-refractivity contribution is 0.139. The van der Waals surface area contributed by atoms with E-state index in [1.165, 1.54) is 25.7 Å². The summed E-state index contributed by atoms with van der Waals surface area (Å²) in [7, 11) is 0. The fourth-order valence-corrected chi connectivity index (χ4v) is 2.27. The van der Waals surface area contributed by atoms with Gasteiger partial charge in [-0.3, -0.25) is 4.99 Å². The number of guanidine groups is 1. The highest BCUT2D eigenvalue weighted by Crippen LogP contribution is 2.43. The van der Waals surface area contributed by atoms with Gasteiger partial charge in [-0.2, -0.15) is 0 Å². The summed E-state index contributed by atoms with van der Waals surface area (Å²) in [4.78, 5) is 4.71. The highest BCUT2D eigenvalue weighted by Gasteiger charge is 2.34. The molecule has 1 fully saturated rings. The lowest BCUT2D eigenvalue weighted by Crippen LogP contribution is -2.41. The second kappa shape index (κ2) is 8.35. The zero-order chi connectivity index (χ0) is 13.3. The molecule has 0 aromatic heterocycles. The molecule has 0 amide bonds. The van der Waals surface area contributed by atoms with Crippen molar-refractivity contribution in [2.45, 2.75) is 46.5 Å². The number of aliphatic imine (C=N–C) groups is 1. The van der Waals surface area contributed by atoms with Crippen molar-refractivity contribution in [2.24, 2.45) is 10.4 Å². The van der Waals surface area contributed by atoms with Crippen molar-refractivity contribution < 1.29 is 4.74 Å². The zero-order valence-corrected chi connectivity index (χ0v) is 12.2. The van der Waals surface area contributed by atoms with Crippen LogP contribution in [0.1, 0.15) is 46.5 Å². The highest BCUT2D eigenvalue weighted by atomic mass is 16.5. The number of ether oxygens (including phenoxy) is 1. The molecule has 0 aromatic carbocycles. The van der Waals surface area contributed by atoms with Crippen LogP contribution in [0.5, 0.6) is 0 Å². The second-order valence-electron chi connectivity index (χ2n) is 5.03. The summed E-state index contributed by atoms with van der Waals surface area (Å²) in [5.41, 5.74) is 0.488. The van der Waals surface area contributed by atoms with Crippen LogP contribution in [0.15, 0.2) is 4.99 Å². The molecular weight excluding hydrogens is 226 g/mol. The normalized spacial score (nSPS) is 18.3. The van der Waals surface area contributed by atoms with Gasteiger partial charge >= 0.3 is 0 Å². The lowest BCUT2D eigenvalue weighted by atomic mass is 9.67. The first-order valence-electron chi connectivity index (χ1n) is 7.36. The first kappa shape index (κ1) is 15.3. The standard InChI is InChI=1S/C14H29N3O/c1-4-14(8-7-9-14)12-17-13(15-5-2)16-10-11-18-6-3/h4-12H2,1-3H3,(H2,15,16,17). The average Bonchev–Trinajstić information content (AvgIpc) is 2.33. The van der Waals surface area contributed by atoms with Crippen molar-refractivity contribution in [2.75, 3.05) is 32.8 Å². The molecule has 0 bridgehead atoms. The van der Waals surface area contributed by atoms with Gasteiger partial charge in [0.1, 0.15) is 0 Å². The maximum absolute atomic E-state index is 5.32. The van der Waals surface area contributed by atoms with E-state index in [1.807, 2.05) is 6.92 Å². The fourth-order valence-electron chi connectivity index (χ4n) is 2.27. The minimum Gasteiger partial charge on any atom is -0.380 e. The Kier molecular flexibility index (Phi) is 7.09. The van der Waals surface area contributed by atoms with Gasteiger partial charge < -0.3 is 15.4 Å². The Labute approximate surface area is 112 Å². The Morgan fingerprint density at radius 1 is 1.22 bits per heavy atom. The van der Waals surface area contributed by atoms with Gasteiger partial charge in [-0.15, -0.1) is 0 Å². The quantitative estimate of drug-likeness (QED) is 0.397. The van der Waals surface area contributed by atoms with Crippen LogP contribution in [0, 0.1) is 5.41 Å². The van der Waals surface area contributed by atoms with E-state index in [1.54, 1.807) is 0 Å². The van der Waals surface area contributed by atoms with Crippen LogP contribution in [0.2, 0.25) is 0 Å². The van der Waals surface area contributed by atoms with E-state index in [0.717, 1.165) is 38.8 Å². The molecule has 106 valence electrons. The molecule has 1 rings (SSSR count). The van der Waals surface area contributed by atoms with Gasteiger partial charge in [0.05, 0.1) is 6.61 Å². The predicted octanol–water partition coefficient (Wildman–Crippen LogP) is 2.16. The molecule has 0 heterocycles. The summed E-state index contributed by atoms with van der Waals surface area (Å²) < 4.78 is 5.32. The third kappa shape index (κ3) is 4.84. The minimum absolute atomic E-state index is 0.488. The van der Waals surface area contributed by atoms with Crippen LogP contribution in [0.25, 0.3) is 0 Å². The van der Waals surface area contributed by atoms with Crippen LogP contribution < -0.4 is 10.6 Å². The Morgan fingerprint density at radius 2 is 2.00 bits per heavy atom. The largest absolute Gasteiger partial charge is 0.380 e. The Balaban J connectivity index is 2.34. The predicted molar refractivity (Wildman–Crippen MR) is 77.0 cm³/mol. The van der Waals surface area contributed by atoms with Crippen LogP contribution in [0.4, 0.5) is 0 Å². The third-order valence-electron chi connectivity index (χ3n) is 3.82. The molecule has 1 aliphatic rings. The van der Waals surface area contributed by atoms with Crippen LogP contribution >= 0.6 is 0 Å². The number of nitrogens with one attached hydrogen (secondary N) is 2. The van der Waals surface area contributed by atoms with Gasteiger partial charge in [0, 0.05) is 26.2 Å². The summed E-state index contributed by atoms with van der Waals surface area (Å²) in [6.45, 7) is 10.6. The summed E-state index contributed by atoms with van der Waals surface area (Å²) in [5.74, 6) is 0.928. The molecule has 2 N–H and O–H groups in total. The molecule has 0 saturated heterocycles. The molecule has 4 heteroatoms. The van der Waals surface area contributed by atoms with Gasteiger partial charge in [-0.25, -0.2) is 0 Å². The monoisotopic (exact) mass is 255 g/mol. The summed E-state index contributed by atoms with van der Waals surface area (Å²) in [6.07, 6.45) is 5.29. The summed E-state index contributed by atoms with van der Waals surface area (Å²) in [5, 5.41) is 6.60. The van der Waals surface area contributed by atoms with E-state index in [4.69, 9.17) is 9.73 Å². The molecule has 0 unspecified atom stereocenters. The van der Waals surface area contributed by atoms with E-state index in [-0.39, 0.29) is 0 Å². The van der Waals surface area contributed by atoms with E-state index >= 15 is 0 Å². The summed E-state index contributed by atoms with van der Waals surface area (Å²) >= 11 is 0. The molecule has 0 radical (unpaired) electrons. The number of hydrogen-bond acceptors (Lipinski definition) is 2.